The van der Waals surface area contributed by atoms with Crippen molar-refractivity contribution in [2.24, 2.45) is 0 Å². The Morgan fingerprint density at radius 3 is 2.71 bits per heavy atom. The maximum absolute atomic E-state index is 10.7. The third-order valence-corrected chi connectivity index (χ3v) is 5.73. The number of tetrazole rings is 1. The summed E-state index contributed by atoms with van der Waals surface area (Å²) in [5, 5.41) is 36.6. The van der Waals surface area contributed by atoms with Gasteiger partial charge >= 0.3 is 0 Å². The number of aliphatic hydroxyl groups is 2. The molecule has 1 aliphatic heterocycles. The molecule has 178 valence electrons. The van der Waals surface area contributed by atoms with Gasteiger partial charge in [-0.1, -0.05) is 30.3 Å². The molecule has 5 rings (SSSR count). The zero-order chi connectivity index (χ0) is 23.8. The molecule has 1 aromatic carbocycles. The van der Waals surface area contributed by atoms with Gasteiger partial charge in [0.2, 0.25) is 11.8 Å². The van der Waals surface area contributed by atoms with Crippen LogP contribution < -0.4 is 11.1 Å². The van der Waals surface area contributed by atoms with Crippen LogP contribution in [0.1, 0.15) is 37.6 Å². The molecule has 0 spiro atoms. The molecule has 0 radical (unpaired) electrons. The summed E-state index contributed by atoms with van der Waals surface area (Å²) < 4.78 is 7.47. The lowest BCUT2D eigenvalue weighted by Crippen LogP contribution is -2.29. The fraction of sp³-hybridized carbons (Fsp3) is 0.429. The zero-order valence-corrected chi connectivity index (χ0v) is 18.7. The van der Waals surface area contributed by atoms with E-state index in [0.717, 1.165) is 6.42 Å². The standard InChI is InChI=1S/C21H26N10O3/c1-3-31-28-18(27-29-31)16-14(32)15(33)20(34-16)30-10-23-13-17(22)25-21(26-19(13)30)24-11(2)9-12-7-5-4-6-8-12/h4-8,10-11,14-16,20,32-33H,3,9H2,1-2H3,(H3,22,24,25,26)/t11-,14+,15-,16+,20-/m1/s1. The van der Waals surface area contributed by atoms with Crippen LogP contribution in [0.2, 0.25) is 0 Å². The van der Waals surface area contributed by atoms with E-state index in [1.54, 1.807) is 0 Å². The van der Waals surface area contributed by atoms with E-state index in [9.17, 15) is 10.2 Å². The summed E-state index contributed by atoms with van der Waals surface area (Å²) in [5.74, 6) is 0.703. The van der Waals surface area contributed by atoms with Crippen molar-refractivity contribution in [3.63, 3.8) is 0 Å². The first-order valence-corrected chi connectivity index (χ1v) is 11.0. The van der Waals surface area contributed by atoms with Gasteiger partial charge in [0.1, 0.15) is 17.7 Å². The number of hydrogen-bond acceptors (Lipinski definition) is 11. The normalized spacial score (nSPS) is 23.4. The number of nitrogen functional groups attached to an aromatic ring is 1. The van der Waals surface area contributed by atoms with Crippen molar-refractivity contribution in [1.29, 1.82) is 0 Å². The van der Waals surface area contributed by atoms with E-state index in [1.807, 2.05) is 32.0 Å². The van der Waals surface area contributed by atoms with E-state index in [0.29, 0.717) is 23.7 Å². The Labute approximate surface area is 194 Å². The highest BCUT2D eigenvalue weighted by Gasteiger charge is 2.47. The predicted octanol–water partition coefficient (Wildman–Crippen LogP) is 0.450. The smallest absolute Gasteiger partial charge is 0.226 e. The third kappa shape index (κ3) is 4.04. The average Bonchev–Trinajstić information content (AvgIpc) is 3.53. The van der Waals surface area contributed by atoms with Gasteiger partial charge in [-0.2, -0.15) is 14.8 Å². The highest BCUT2D eigenvalue weighted by atomic mass is 16.6. The third-order valence-electron chi connectivity index (χ3n) is 5.73. The maximum Gasteiger partial charge on any atom is 0.226 e. The van der Waals surface area contributed by atoms with Gasteiger partial charge in [0.25, 0.3) is 0 Å². The highest BCUT2D eigenvalue weighted by Crippen LogP contribution is 2.38. The first-order chi connectivity index (χ1) is 16.4. The number of hydrogen-bond donors (Lipinski definition) is 4. The van der Waals surface area contributed by atoms with Gasteiger partial charge in [0.05, 0.1) is 12.9 Å². The number of benzene rings is 1. The topological polar surface area (TPSA) is 175 Å². The van der Waals surface area contributed by atoms with Gasteiger partial charge in [-0.15, -0.1) is 10.2 Å². The molecule has 0 bridgehead atoms. The van der Waals surface area contributed by atoms with E-state index >= 15 is 0 Å². The minimum Gasteiger partial charge on any atom is -0.387 e. The van der Waals surface area contributed by atoms with Gasteiger partial charge < -0.3 is 26.0 Å². The molecule has 5 N–H and O–H groups in total. The molecule has 4 heterocycles. The summed E-state index contributed by atoms with van der Waals surface area (Å²) in [5.41, 5.74) is 8.05. The molecule has 0 unspecified atom stereocenters. The second-order valence-electron chi connectivity index (χ2n) is 8.26. The van der Waals surface area contributed by atoms with Gasteiger partial charge in [0.15, 0.2) is 23.8 Å². The van der Waals surface area contributed by atoms with Crippen molar-refractivity contribution < 1.29 is 14.9 Å². The molecule has 1 saturated heterocycles. The number of nitrogens with zero attached hydrogens (tertiary/aromatic N) is 8. The molecule has 13 nitrogen and oxygen atoms in total. The molecule has 34 heavy (non-hydrogen) atoms. The molecule has 13 heteroatoms. The fourth-order valence-corrected chi connectivity index (χ4v) is 4.03. The number of nitrogens with one attached hydrogen (secondary N) is 1. The monoisotopic (exact) mass is 466 g/mol. The maximum atomic E-state index is 10.7. The highest BCUT2D eigenvalue weighted by molar-refractivity contribution is 5.83. The van der Waals surface area contributed by atoms with E-state index < -0.39 is 24.5 Å². The number of aryl methyl sites for hydroxylation is 1. The van der Waals surface area contributed by atoms with Gasteiger partial charge in [-0.05, 0) is 31.0 Å². The summed E-state index contributed by atoms with van der Waals surface area (Å²) in [6.07, 6.45) is -2.26. The largest absolute Gasteiger partial charge is 0.387 e. The minimum absolute atomic E-state index is 0.0300. The number of fused-ring (bicyclic) bond motifs is 1. The molecule has 0 saturated carbocycles. The van der Waals surface area contributed by atoms with Crippen LogP contribution in [-0.4, -0.2) is 68.2 Å². The zero-order valence-electron chi connectivity index (χ0n) is 18.7. The Morgan fingerprint density at radius 2 is 1.97 bits per heavy atom. The Kier molecular flexibility index (Phi) is 5.81. The van der Waals surface area contributed by atoms with Crippen LogP contribution in [0.15, 0.2) is 36.7 Å². The fourth-order valence-electron chi connectivity index (χ4n) is 4.03. The van der Waals surface area contributed by atoms with Crippen LogP contribution in [0.25, 0.3) is 11.2 Å². The Hall–Kier alpha value is -3.68. The summed E-state index contributed by atoms with van der Waals surface area (Å²) in [4.78, 5) is 14.6. The first kappa shape index (κ1) is 22.1. The van der Waals surface area contributed by atoms with Crippen molar-refractivity contribution in [2.75, 3.05) is 11.1 Å². The average molecular weight is 467 g/mol. The predicted molar refractivity (Wildman–Crippen MR) is 121 cm³/mol. The van der Waals surface area contributed by atoms with Crippen LogP contribution in [0, 0.1) is 0 Å². The number of nitrogens with two attached hydrogens (primary N) is 1. The van der Waals surface area contributed by atoms with Crippen LogP contribution in [0.5, 0.6) is 0 Å². The quantitative estimate of drug-likeness (QED) is 0.297. The Balaban J connectivity index is 1.41. The lowest BCUT2D eigenvalue weighted by molar-refractivity contribution is -0.0384. The minimum atomic E-state index is -1.28. The lowest BCUT2D eigenvalue weighted by Gasteiger charge is -2.17. The summed E-state index contributed by atoms with van der Waals surface area (Å²) >= 11 is 0. The van der Waals surface area contributed by atoms with E-state index in [2.05, 4.69) is 47.8 Å². The van der Waals surface area contributed by atoms with E-state index in [-0.39, 0.29) is 17.7 Å². The van der Waals surface area contributed by atoms with Crippen LogP contribution in [0.4, 0.5) is 11.8 Å². The first-order valence-electron chi connectivity index (χ1n) is 11.0. The number of anilines is 2. The van der Waals surface area contributed by atoms with Gasteiger partial charge in [-0.25, -0.2) is 4.98 Å². The summed E-state index contributed by atoms with van der Waals surface area (Å²) in [7, 11) is 0. The molecular formula is C21H26N10O3. The molecule has 0 amide bonds. The van der Waals surface area contributed by atoms with Gasteiger partial charge in [-0.3, -0.25) is 4.57 Å². The molecule has 4 aromatic rings. The molecule has 5 atom stereocenters. The van der Waals surface area contributed by atoms with Crippen molar-refractivity contribution in [1.82, 2.24) is 39.7 Å². The number of aliphatic hydroxyl groups excluding tert-OH is 2. The van der Waals surface area contributed by atoms with Crippen LogP contribution in [-0.2, 0) is 17.7 Å². The number of ether oxygens (including phenoxy) is 1. The molecule has 0 aliphatic carbocycles. The Bertz CT molecular complexity index is 1280. The van der Waals surface area contributed by atoms with Crippen LogP contribution in [0.3, 0.4) is 0 Å². The molecule has 1 fully saturated rings. The van der Waals surface area contributed by atoms with E-state index in [1.165, 1.54) is 21.3 Å². The molecule has 1 aliphatic rings. The second kappa shape index (κ2) is 8.93. The SMILES string of the molecule is CCn1nnc([C@H]2O[C@@H](n3cnc4c(N)nc(N[C@H](C)Cc5ccccc5)nc43)[C@H](O)[C@@H]2O)n1. The van der Waals surface area contributed by atoms with Crippen molar-refractivity contribution in [3.8, 4) is 0 Å². The van der Waals surface area contributed by atoms with Crippen molar-refractivity contribution in [2.45, 2.75) is 57.4 Å². The molecular weight excluding hydrogens is 440 g/mol. The number of rotatable bonds is 7. The molecule has 3 aromatic heterocycles. The van der Waals surface area contributed by atoms with Crippen molar-refractivity contribution in [3.05, 3.63) is 48.0 Å². The Morgan fingerprint density at radius 1 is 1.18 bits per heavy atom. The van der Waals surface area contributed by atoms with Crippen LogP contribution >= 0.6 is 0 Å². The number of imidazole rings is 1. The number of aromatic nitrogens is 8. The second-order valence-corrected chi connectivity index (χ2v) is 8.26. The van der Waals surface area contributed by atoms with Gasteiger partial charge in [0, 0.05) is 6.04 Å². The summed E-state index contributed by atoms with van der Waals surface area (Å²) in [6, 6.07) is 10.1. The lowest BCUT2D eigenvalue weighted by atomic mass is 10.1. The van der Waals surface area contributed by atoms with E-state index in [4.69, 9.17) is 10.5 Å². The summed E-state index contributed by atoms with van der Waals surface area (Å²) in [6.45, 7) is 4.40. The van der Waals surface area contributed by atoms with Crippen molar-refractivity contribution >= 4 is 22.9 Å².